The van der Waals surface area contributed by atoms with Gasteiger partial charge in [0.15, 0.2) is 0 Å². The Morgan fingerprint density at radius 2 is 2.12 bits per heavy atom. The second kappa shape index (κ2) is 6.31. The van der Waals surface area contributed by atoms with E-state index in [0.717, 1.165) is 24.2 Å². The lowest BCUT2D eigenvalue weighted by Crippen LogP contribution is -2.41. The fourth-order valence-electron chi connectivity index (χ4n) is 2.88. The summed E-state index contributed by atoms with van der Waals surface area (Å²) < 4.78 is 25.8. The molecular weight excluding hydrogens is 376 g/mol. The number of rotatable bonds is 4. The van der Waals surface area contributed by atoms with Gasteiger partial charge in [0.25, 0.3) is 21.5 Å². The molecule has 1 amide bonds. The molecule has 1 aliphatic heterocycles. The van der Waals surface area contributed by atoms with Gasteiger partial charge in [0.05, 0.1) is 10.9 Å². The number of hydrogen-bond acceptors (Lipinski definition) is 6. The lowest BCUT2D eigenvalue weighted by Gasteiger charge is -2.09. The van der Waals surface area contributed by atoms with Crippen LogP contribution in [-0.2, 0) is 23.0 Å². The number of nitrogens with one attached hydrogen (secondary N) is 2. The number of carbonyl (C=O) groups excluding carboxylic acids is 1. The van der Waals surface area contributed by atoms with Gasteiger partial charge in [0.1, 0.15) is 10.0 Å². The van der Waals surface area contributed by atoms with Crippen LogP contribution in [-0.4, -0.2) is 23.9 Å². The average molecular weight is 390 g/mol. The van der Waals surface area contributed by atoms with Crippen molar-refractivity contribution in [2.45, 2.75) is 23.6 Å². The zero-order chi connectivity index (χ0) is 18.3. The molecule has 2 N–H and O–H groups in total. The van der Waals surface area contributed by atoms with Crippen LogP contribution in [0, 0.1) is 0 Å². The summed E-state index contributed by atoms with van der Waals surface area (Å²) in [5, 5.41) is 2.06. The molecule has 4 rings (SSSR count). The minimum atomic E-state index is -3.81. The number of fused-ring (bicyclic) bond motifs is 2. The second-order valence-electron chi connectivity index (χ2n) is 5.81. The number of nitrogens with zero attached hydrogens (tertiary/aromatic N) is 2. The van der Waals surface area contributed by atoms with Crippen molar-refractivity contribution in [1.82, 2.24) is 19.8 Å². The van der Waals surface area contributed by atoms with Crippen LogP contribution in [0.2, 0.25) is 0 Å². The van der Waals surface area contributed by atoms with Crippen molar-refractivity contribution >= 4 is 38.2 Å². The zero-order valence-corrected chi connectivity index (χ0v) is 15.1. The molecule has 0 bridgehead atoms. The van der Waals surface area contributed by atoms with Gasteiger partial charge in [-0.2, -0.15) is 0 Å². The van der Waals surface area contributed by atoms with Crippen molar-refractivity contribution in [3.05, 3.63) is 57.5 Å². The SMILES string of the molecule is O=C(NNS(=O)(=O)c1cccs1)c1ccc2c(=O)n3c(nc2c1)CCC3. The molecule has 0 saturated heterocycles. The topological polar surface area (TPSA) is 110 Å². The Bertz CT molecular complexity index is 1170. The molecule has 8 nitrogen and oxygen atoms in total. The minimum absolute atomic E-state index is 0.0987. The molecule has 3 heterocycles. The lowest BCUT2D eigenvalue weighted by molar-refractivity contribution is 0.0945. The van der Waals surface area contributed by atoms with Gasteiger partial charge in [-0.25, -0.2) is 13.4 Å². The number of thiophene rings is 1. The third kappa shape index (κ3) is 2.91. The molecule has 0 fully saturated rings. The summed E-state index contributed by atoms with van der Waals surface area (Å²) in [5.74, 6) is 0.0767. The molecule has 3 aromatic rings. The Kier molecular flexibility index (Phi) is 4.10. The monoisotopic (exact) mass is 390 g/mol. The third-order valence-corrected chi connectivity index (χ3v) is 6.78. The number of aryl methyl sites for hydroxylation is 1. The van der Waals surface area contributed by atoms with Crippen LogP contribution < -0.4 is 15.8 Å². The second-order valence-corrected chi connectivity index (χ2v) is 8.67. The van der Waals surface area contributed by atoms with Gasteiger partial charge in [0, 0.05) is 18.5 Å². The molecule has 0 unspecified atom stereocenters. The molecule has 1 aromatic carbocycles. The van der Waals surface area contributed by atoms with E-state index >= 15 is 0 Å². The summed E-state index contributed by atoms with van der Waals surface area (Å²) in [6.07, 6.45) is 1.60. The largest absolute Gasteiger partial charge is 0.296 e. The number of amides is 1. The van der Waals surface area contributed by atoms with E-state index in [1.54, 1.807) is 22.1 Å². The van der Waals surface area contributed by atoms with Crippen molar-refractivity contribution in [3.8, 4) is 0 Å². The summed E-state index contributed by atoms with van der Waals surface area (Å²) in [6, 6.07) is 7.55. The van der Waals surface area contributed by atoms with Crippen LogP contribution in [0.4, 0.5) is 0 Å². The predicted molar refractivity (Wildman–Crippen MR) is 96.4 cm³/mol. The van der Waals surface area contributed by atoms with E-state index in [0.29, 0.717) is 23.3 Å². The molecule has 0 saturated carbocycles. The van der Waals surface area contributed by atoms with Gasteiger partial charge in [-0.3, -0.25) is 19.6 Å². The Labute approximate surface area is 152 Å². The summed E-state index contributed by atoms with van der Waals surface area (Å²) in [7, 11) is -3.81. The fourth-order valence-corrected chi connectivity index (χ4v) is 4.71. The quantitative estimate of drug-likeness (QED) is 0.647. The van der Waals surface area contributed by atoms with Crippen molar-refractivity contribution in [2.75, 3.05) is 0 Å². The van der Waals surface area contributed by atoms with Crippen LogP contribution >= 0.6 is 11.3 Å². The van der Waals surface area contributed by atoms with Crippen molar-refractivity contribution < 1.29 is 13.2 Å². The van der Waals surface area contributed by atoms with E-state index in [1.165, 1.54) is 18.2 Å². The molecule has 0 atom stereocenters. The number of benzene rings is 1. The Morgan fingerprint density at radius 3 is 2.88 bits per heavy atom. The van der Waals surface area contributed by atoms with Crippen LogP contribution in [0.5, 0.6) is 0 Å². The number of hydrazine groups is 1. The molecule has 1 aliphatic rings. The Hall–Kier alpha value is -2.56. The van der Waals surface area contributed by atoms with Crippen LogP contribution in [0.3, 0.4) is 0 Å². The smallest absolute Gasteiger partial charge is 0.266 e. The summed E-state index contributed by atoms with van der Waals surface area (Å²) in [4.78, 5) is 31.2. The highest BCUT2D eigenvalue weighted by atomic mass is 32.2. The minimum Gasteiger partial charge on any atom is -0.296 e. The first-order valence-electron chi connectivity index (χ1n) is 7.85. The molecular formula is C16H14N4O4S2. The van der Waals surface area contributed by atoms with E-state index in [9.17, 15) is 18.0 Å². The Balaban J connectivity index is 1.60. The molecule has 26 heavy (non-hydrogen) atoms. The van der Waals surface area contributed by atoms with Gasteiger partial charge in [-0.05, 0) is 36.1 Å². The number of hydrogen-bond donors (Lipinski definition) is 2. The first-order valence-corrected chi connectivity index (χ1v) is 10.2. The van der Waals surface area contributed by atoms with Gasteiger partial charge >= 0.3 is 0 Å². The van der Waals surface area contributed by atoms with E-state index in [2.05, 4.69) is 15.2 Å². The summed E-state index contributed by atoms with van der Waals surface area (Å²) in [6.45, 7) is 0.657. The molecule has 0 aliphatic carbocycles. The normalized spacial score (nSPS) is 13.7. The average Bonchev–Trinajstić information content (AvgIpc) is 3.31. The fraction of sp³-hybridized carbons (Fsp3) is 0.188. The van der Waals surface area contributed by atoms with E-state index in [-0.39, 0.29) is 15.3 Å². The van der Waals surface area contributed by atoms with Crippen molar-refractivity contribution in [2.24, 2.45) is 0 Å². The van der Waals surface area contributed by atoms with E-state index in [4.69, 9.17) is 0 Å². The van der Waals surface area contributed by atoms with Crippen molar-refractivity contribution in [1.29, 1.82) is 0 Å². The maximum atomic E-state index is 12.4. The molecule has 134 valence electrons. The van der Waals surface area contributed by atoms with Crippen LogP contribution in [0.25, 0.3) is 10.9 Å². The maximum absolute atomic E-state index is 12.4. The summed E-state index contributed by atoms with van der Waals surface area (Å²) in [5.41, 5.74) is 2.70. The molecule has 2 aromatic heterocycles. The van der Waals surface area contributed by atoms with E-state index in [1.807, 2.05) is 0 Å². The molecule has 0 spiro atoms. The highest BCUT2D eigenvalue weighted by molar-refractivity contribution is 7.91. The van der Waals surface area contributed by atoms with Gasteiger partial charge < -0.3 is 0 Å². The highest BCUT2D eigenvalue weighted by Gasteiger charge is 2.19. The molecule has 10 heteroatoms. The third-order valence-electron chi connectivity index (χ3n) is 4.14. The maximum Gasteiger partial charge on any atom is 0.266 e. The van der Waals surface area contributed by atoms with Crippen molar-refractivity contribution in [3.63, 3.8) is 0 Å². The zero-order valence-electron chi connectivity index (χ0n) is 13.4. The van der Waals surface area contributed by atoms with Crippen LogP contribution in [0.1, 0.15) is 22.6 Å². The summed E-state index contributed by atoms with van der Waals surface area (Å²) >= 11 is 1.04. The number of carbonyl (C=O) groups is 1. The molecule has 0 radical (unpaired) electrons. The predicted octanol–water partition coefficient (Wildman–Crippen LogP) is 1.03. The first kappa shape index (κ1) is 16.9. The highest BCUT2D eigenvalue weighted by Crippen LogP contribution is 2.17. The standard InChI is InChI=1S/C16H14N4O4S2/c21-15(18-19-26(23,24)14-4-2-8-25-14)10-5-6-11-12(9-10)17-13-3-1-7-20(13)16(11)22/h2,4-6,8-9,19H,1,3,7H2,(H,18,21). The number of aromatic nitrogens is 2. The van der Waals surface area contributed by atoms with Crippen LogP contribution in [0.15, 0.2) is 44.7 Å². The van der Waals surface area contributed by atoms with E-state index < -0.39 is 15.9 Å². The van der Waals surface area contributed by atoms with Gasteiger partial charge in [0.2, 0.25) is 0 Å². The van der Waals surface area contributed by atoms with Gasteiger partial charge in [-0.1, -0.05) is 6.07 Å². The first-order chi connectivity index (χ1) is 12.5. The van der Waals surface area contributed by atoms with Gasteiger partial charge in [-0.15, -0.1) is 16.2 Å². The number of sulfonamides is 1. The Morgan fingerprint density at radius 1 is 1.27 bits per heavy atom. The lowest BCUT2D eigenvalue weighted by atomic mass is 10.1.